The average molecular weight is 360 g/mol. The number of nitrogens with one attached hydrogen (secondary N) is 1. The Hall–Kier alpha value is -1.12. The quantitative estimate of drug-likeness (QED) is 0.656. The fraction of sp³-hybridized carbons (Fsp3) is 0.182. The topological polar surface area (TPSA) is 64.1 Å². The summed E-state index contributed by atoms with van der Waals surface area (Å²) < 4.78 is 7.01. The van der Waals surface area contributed by atoms with E-state index in [1.54, 1.807) is 6.07 Å². The summed E-state index contributed by atoms with van der Waals surface area (Å²) in [6.45, 7) is -0.0726. The lowest BCUT2D eigenvalue weighted by Gasteiger charge is -2.06. The highest BCUT2D eigenvalue weighted by molar-refractivity contribution is 9.10. The van der Waals surface area contributed by atoms with Crippen LogP contribution >= 0.6 is 39.0 Å². The van der Waals surface area contributed by atoms with Gasteiger partial charge in [-0.3, -0.25) is 10.1 Å². The number of hydrogen-bond acceptors (Lipinski definition) is 6. The van der Waals surface area contributed by atoms with E-state index in [1.165, 1.54) is 23.1 Å². The molecule has 0 fully saturated rings. The lowest BCUT2D eigenvalue weighted by molar-refractivity contribution is -0.118. The summed E-state index contributed by atoms with van der Waals surface area (Å²) in [4.78, 5) is 11.7. The highest BCUT2D eigenvalue weighted by Crippen LogP contribution is 2.24. The first kappa shape index (κ1) is 14.3. The van der Waals surface area contributed by atoms with Gasteiger partial charge in [-0.1, -0.05) is 35.2 Å². The zero-order valence-corrected chi connectivity index (χ0v) is 13.1. The minimum Gasteiger partial charge on any atom is -0.483 e. The summed E-state index contributed by atoms with van der Waals surface area (Å²) in [5, 5.41) is 10.9. The Bertz CT molecular complexity index is 577. The first-order valence-electron chi connectivity index (χ1n) is 5.23. The molecule has 0 aliphatic carbocycles. The maximum Gasteiger partial charge on any atom is 0.264 e. The third-order valence-electron chi connectivity index (χ3n) is 2.02. The van der Waals surface area contributed by atoms with Crippen LogP contribution in [0.15, 0.2) is 33.1 Å². The number of ether oxygens (including phenoxy) is 1. The van der Waals surface area contributed by atoms with Gasteiger partial charge in [-0.15, -0.1) is 10.2 Å². The third kappa shape index (κ3) is 4.19. The van der Waals surface area contributed by atoms with Crippen LogP contribution in [0.5, 0.6) is 5.75 Å². The summed E-state index contributed by atoms with van der Waals surface area (Å²) in [6.07, 6.45) is 1.90. The van der Waals surface area contributed by atoms with Gasteiger partial charge in [0.2, 0.25) is 5.13 Å². The Morgan fingerprint density at radius 2 is 2.26 bits per heavy atom. The molecule has 1 N–H and O–H groups in total. The highest BCUT2D eigenvalue weighted by Gasteiger charge is 2.09. The van der Waals surface area contributed by atoms with Crippen LogP contribution in [-0.4, -0.2) is 29.0 Å². The molecule has 2 aromatic rings. The van der Waals surface area contributed by atoms with E-state index >= 15 is 0 Å². The largest absolute Gasteiger partial charge is 0.483 e. The van der Waals surface area contributed by atoms with Crippen LogP contribution in [0, 0.1) is 0 Å². The molecule has 0 spiro atoms. The number of halogens is 1. The van der Waals surface area contributed by atoms with Crippen molar-refractivity contribution in [3.05, 3.63) is 28.7 Å². The molecule has 1 aromatic heterocycles. The van der Waals surface area contributed by atoms with Gasteiger partial charge in [0, 0.05) is 0 Å². The van der Waals surface area contributed by atoms with Crippen LogP contribution in [-0.2, 0) is 4.79 Å². The zero-order valence-electron chi connectivity index (χ0n) is 9.92. The second kappa shape index (κ2) is 6.88. The van der Waals surface area contributed by atoms with Gasteiger partial charge in [0.05, 0.1) is 4.47 Å². The van der Waals surface area contributed by atoms with Crippen LogP contribution in [0.2, 0.25) is 0 Å². The molecule has 100 valence electrons. The molecule has 0 aliphatic heterocycles. The fourth-order valence-corrected chi connectivity index (χ4v) is 2.79. The van der Waals surface area contributed by atoms with Gasteiger partial charge in [-0.05, 0) is 34.3 Å². The van der Waals surface area contributed by atoms with E-state index in [1.807, 2.05) is 24.5 Å². The summed E-state index contributed by atoms with van der Waals surface area (Å²) in [5.41, 5.74) is 0. The number of aromatic nitrogens is 2. The first-order valence-corrected chi connectivity index (χ1v) is 8.07. The van der Waals surface area contributed by atoms with Crippen molar-refractivity contribution in [3.8, 4) is 5.75 Å². The number of para-hydroxylation sites is 1. The molecule has 1 heterocycles. The van der Waals surface area contributed by atoms with Gasteiger partial charge in [-0.25, -0.2) is 0 Å². The van der Waals surface area contributed by atoms with Gasteiger partial charge < -0.3 is 4.74 Å². The molecule has 8 heteroatoms. The molecule has 19 heavy (non-hydrogen) atoms. The molecule has 5 nitrogen and oxygen atoms in total. The molecular formula is C11H10BrN3O2S2. The Morgan fingerprint density at radius 1 is 1.47 bits per heavy atom. The van der Waals surface area contributed by atoms with Crippen molar-refractivity contribution in [1.29, 1.82) is 0 Å². The van der Waals surface area contributed by atoms with Crippen molar-refractivity contribution in [2.45, 2.75) is 4.34 Å². The number of nitrogens with zero attached hydrogens (tertiary/aromatic N) is 2. The maximum atomic E-state index is 11.7. The molecule has 0 atom stereocenters. The molecule has 0 aliphatic rings. The minimum atomic E-state index is -0.264. The van der Waals surface area contributed by atoms with Crippen molar-refractivity contribution < 1.29 is 9.53 Å². The number of anilines is 1. The molecule has 0 saturated heterocycles. The van der Waals surface area contributed by atoms with Crippen molar-refractivity contribution in [2.24, 2.45) is 0 Å². The van der Waals surface area contributed by atoms with Gasteiger partial charge in [-0.2, -0.15) is 0 Å². The first-order chi connectivity index (χ1) is 9.19. The predicted octanol–water partition coefficient (Wildman–Crippen LogP) is 3.04. The molecule has 0 bridgehead atoms. The van der Waals surface area contributed by atoms with E-state index in [4.69, 9.17) is 4.74 Å². The van der Waals surface area contributed by atoms with Crippen LogP contribution in [0.4, 0.5) is 5.13 Å². The molecule has 2 rings (SSSR count). The number of benzene rings is 1. The molecule has 1 amide bonds. The fourth-order valence-electron chi connectivity index (χ4n) is 1.20. The van der Waals surface area contributed by atoms with E-state index in [9.17, 15) is 4.79 Å². The molecule has 0 saturated carbocycles. The zero-order chi connectivity index (χ0) is 13.7. The van der Waals surface area contributed by atoms with E-state index in [-0.39, 0.29) is 12.5 Å². The summed E-state index contributed by atoms with van der Waals surface area (Å²) >= 11 is 6.16. The summed E-state index contributed by atoms with van der Waals surface area (Å²) in [6, 6.07) is 7.35. The van der Waals surface area contributed by atoms with Crippen molar-refractivity contribution in [2.75, 3.05) is 18.2 Å². The van der Waals surface area contributed by atoms with Crippen molar-refractivity contribution >= 4 is 50.1 Å². The summed E-state index contributed by atoms with van der Waals surface area (Å²) in [7, 11) is 0. The van der Waals surface area contributed by atoms with Crippen LogP contribution in [0.3, 0.4) is 0 Å². The molecule has 0 radical (unpaired) electrons. The smallest absolute Gasteiger partial charge is 0.264 e. The standard InChI is InChI=1S/C11H10BrN3O2S2/c1-18-11-15-14-10(19-11)13-9(16)6-17-8-5-3-2-4-7(8)12/h2-5H,6H2,1H3,(H,13,14,16). The lowest BCUT2D eigenvalue weighted by atomic mass is 10.3. The average Bonchev–Trinajstić information content (AvgIpc) is 2.85. The number of hydrogen-bond donors (Lipinski definition) is 1. The Labute approximate surface area is 126 Å². The molecular weight excluding hydrogens is 350 g/mol. The van der Waals surface area contributed by atoms with Crippen LogP contribution < -0.4 is 10.1 Å². The maximum absolute atomic E-state index is 11.7. The van der Waals surface area contributed by atoms with Crippen molar-refractivity contribution in [1.82, 2.24) is 10.2 Å². The number of rotatable bonds is 5. The normalized spacial score (nSPS) is 10.2. The third-order valence-corrected chi connectivity index (χ3v) is 4.49. The Kier molecular flexibility index (Phi) is 5.17. The van der Waals surface area contributed by atoms with Crippen LogP contribution in [0.25, 0.3) is 0 Å². The van der Waals surface area contributed by atoms with E-state index in [0.29, 0.717) is 10.9 Å². The highest BCUT2D eigenvalue weighted by atomic mass is 79.9. The van der Waals surface area contributed by atoms with Crippen LogP contribution in [0.1, 0.15) is 0 Å². The Morgan fingerprint density at radius 3 is 2.95 bits per heavy atom. The second-order valence-corrected chi connectivity index (χ2v) is 6.23. The monoisotopic (exact) mass is 359 g/mol. The predicted molar refractivity (Wildman–Crippen MR) is 80.0 cm³/mol. The Balaban J connectivity index is 1.86. The number of carbonyl (C=O) groups excluding carboxylic acids is 1. The van der Waals surface area contributed by atoms with Gasteiger partial charge in [0.1, 0.15) is 5.75 Å². The van der Waals surface area contributed by atoms with Crippen molar-refractivity contribution in [3.63, 3.8) is 0 Å². The molecule has 0 unspecified atom stereocenters. The summed E-state index contributed by atoms with van der Waals surface area (Å²) in [5.74, 6) is 0.360. The SMILES string of the molecule is CSc1nnc(NC(=O)COc2ccccc2Br)s1. The number of carbonyl (C=O) groups is 1. The number of thioether (sulfide) groups is 1. The van der Waals surface area contributed by atoms with Gasteiger partial charge in [0.25, 0.3) is 5.91 Å². The van der Waals surface area contributed by atoms with E-state index in [2.05, 4.69) is 31.4 Å². The number of amides is 1. The second-order valence-electron chi connectivity index (χ2n) is 3.34. The lowest BCUT2D eigenvalue weighted by Crippen LogP contribution is -2.20. The van der Waals surface area contributed by atoms with Gasteiger partial charge >= 0.3 is 0 Å². The molecule has 1 aromatic carbocycles. The van der Waals surface area contributed by atoms with Gasteiger partial charge in [0.15, 0.2) is 10.9 Å². The van der Waals surface area contributed by atoms with E-state index in [0.717, 1.165) is 8.81 Å². The minimum absolute atomic E-state index is 0.0726. The van der Waals surface area contributed by atoms with E-state index < -0.39 is 0 Å².